The van der Waals surface area contributed by atoms with Crippen molar-refractivity contribution in [1.82, 2.24) is 4.90 Å². The zero-order chi connectivity index (χ0) is 25.6. The lowest BCUT2D eigenvalue weighted by Gasteiger charge is -2.37. The molecule has 0 aromatic heterocycles. The Hall–Kier alpha value is -2.03. The predicted molar refractivity (Wildman–Crippen MR) is 127 cm³/mol. The average Bonchev–Trinajstić information content (AvgIpc) is 2.78. The quantitative estimate of drug-likeness (QED) is 0.219. The number of hydrogen-bond acceptors (Lipinski definition) is 7. The Morgan fingerprint density at radius 3 is 2.00 bits per heavy atom. The van der Waals surface area contributed by atoms with Gasteiger partial charge in [-0.05, 0) is 18.4 Å². The number of carbonyl (C=O) groups is 4. The molecular weight excluding hydrogens is 509 g/mol. The molecule has 8 nitrogen and oxygen atoms in total. The van der Waals surface area contributed by atoms with Crippen molar-refractivity contribution in [1.29, 1.82) is 0 Å². The van der Waals surface area contributed by atoms with Gasteiger partial charge in [-0.15, -0.1) is 0 Å². The van der Waals surface area contributed by atoms with Crippen LogP contribution in [0, 0.1) is 10.8 Å². The number of esters is 2. The number of nitrogens with zero attached hydrogens (tertiary/aromatic N) is 1. The second-order valence-corrected chi connectivity index (χ2v) is 11.6. The van der Waals surface area contributed by atoms with E-state index in [-0.39, 0.29) is 38.3 Å². The number of alkyl halides is 3. The molecule has 11 heteroatoms. The largest absolute Gasteiger partial charge is 0.460 e. The average molecular weight is 537 g/mol. The number of Topliss-reactive ketones (excluding diaryl/α,β-unsaturated/α-hetero) is 1. The predicted octanol–water partition coefficient (Wildman–Crippen LogP) is 4.48. The van der Waals surface area contributed by atoms with Crippen LogP contribution in [0.15, 0.2) is 30.3 Å². The van der Waals surface area contributed by atoms with Crippen LogP contribution in [-0.4, -0.2) is 58.8 Å². The molecule has 2 rings (SSSR count). The smallest absolute Gasteiger partial charge is 0.409 e. The Labute approximate surface area is 213 Å². The third-order valence-corrected chi connectivity index (χ3v) is 5.73. The fourth-order valence-electron chi connectivity index (χ4n) is 3.14. The van der Waals surface area contributed by atoms with Gasteiger partial charge in [0.05, 0.1) is 0 Å². The van der Waals surface area contributed by atoms with Crippen molar-refractivity contribution < 1.29 is 33.4 Å². The van der Waals surface area contributed by atoms with E-state index in [0.717, 1.165) is 5.56 Å². The van der Waals surface area contributed by atoms with Gasteiger partial charge in [0.25, 0.3) is 0 Å². The molecule has 1 aliphatic heterocycles. The van der Waals surface area contributed by atoms with E-state index in [2.05, 4.69) is 0 Å². The van der Waals surface area contributed by atoms with Crippen LogP contribution in [0.5, 0.6) is 0 Å². The van der Waals surface area contributed by atoms with Crippen molar-refractivity contribution in [2.24, 2.45) is 10.8 Å². The highest BCUT2D eigenvalue weighted by atomic mass is 35.6. The molecule has 1 aromatic carbocycles. The highest BCUT2D eigenvalue weighted by molar-refractivity contribution is 6.67. The minimum Gasteiger partial charge on any atom is -0.460 e. The normalized spacial score (nSPS) is 15.9. The maximum absolute atomic E-state index is 13.1. The van der Waals surface area contributed by atoms with Crippen LogP contribution in [0.2, 0.25) is 0 Å². The monoisotopic (exact) mass is 535 g/mol. The van der Waals surface area contributed by atoms with E-state index < -0.39 is 45.9 Å². The summed E-state index contributed by atoms with van der Waals surface area (Å²) in [6.07, 6.45) is -0.896. The standard InChI is InChI=1S/C23H28Cl3NO7/c1-21(2,3)17(28)14-33-19(30)22(18(29)32-13-16-7-5-4-6-8-16)9-11-27(12-10-22)20(31)34-15-23(24,25)26/h4-8H,9-15H2,1-3H3. The molecule has 34 heavy (non-hydrogen) atoms. The molecule has 1 amide bonds. The van der Waals surface area contributed by atoms with Crippen molar-refractivity contribution in [3.63, 3.8) is 0 Å². The van der Waals surface area contributed by atoms with Crippen LogP contribution in [0.3, 0.4) is 0 Å². The first-order chi connectivity index (χ1) is 15.7. The Morgan fingerprint density at radius 2 is 1.47 bits per heavy atom. The summed E-state index contributed by atoms with van der Waals surface area (Å²) in [4.78, 5) is 52.0. The molecule has 0 unspecified atom stereocenters. The lowest BCUT2D eigenvalue weighted by atomic mass is 9.78. The van der Waals surface area contributed by atoms with E-state index in [1.165, 1.54) is 4.90 Å². The molecule has 0 atom stereocenters. The van der Waals surface area contributed by atoms with Gasteiger partial charge in [0, 0.05) is 18.5 Å². The lowest BCUT2D eigenvalue weighted by molar-refractivity contribution is -0.178. The summed E-state index contributed by atoms with van der Waals surface area (Å²) in [5.41, 5.74) is -1.63. The van der Waals surface area contributed by atoms with Gasteiger partial charge in [0.1, 0.15) is 13.2 Å². The second-order valence-electron chi connectivity index (χ2n) is 9.05. The molecule has 1 aromatic rings. The number of carbonyl (C=O) groups excluding carboxylic acids is 4. The second kappa shape index (κ2) is 11.6. The number of likely N-dealkylation sites (tertiary alicyclic amines) is 1. The van der Waals surface area contributed by atoms with Crippen LogP contribution < -0.4 is 0 Å². The molecule has 188 valence electrons. The van der Waals surface area contributed by atoms with Gasteiger partial charge in [-0.3, -0.25) is 14.4 Å². The number of ketones is 1. The molecule has 1 heterocycles. The molecule has 0 spiro atoms. The highest BCUT2D eigenvalue weighted by Gasteiger charge is 2.52. The topological polar surface area (TPSA) is 99.2 Å². The maximum atomic E-state index is 13.1. The molecule has 0 bridgehead atoms. The van der Waals surface area contributed by atoms with Gasteiger partial charge in [0.2, 0.25) is 3.79 Å². The van der Waals surface area contributed by atoms with E-state index >= 15 is 0 Å². The fourth-order valence-corrected chi connectivity index (χ4v) is 3.31. The SMILES string of the molecule is CC(C)(C)C(=O)COC(=O)C1(C(=O)OCc2ccccc2)CCN(C(=O)OCC(Cl)(Cl)Cl)CC1. The number of ether oxygens (including phenoxy) is 3. The van der Waals surface area contributed by atoms with Crippen LogP contribution in [0.25, 0.3) is 0 Å². The minimum absolute atomic E-state index is 0.00143. The highest BCUT2D eigenvalue weighted by Crippen LogP contribution is 2.36. The number of amides is 1. The number of rotatable bonds is 7. The van der Waals surface area contributed by atoms with Gasteiger partial charge in [0.15, 0.2) is 17.8 Å². The summed E-state index contributed by atoms with van der Waals surface area (Å²) in [6, 6.07) is 8.99. The summed E-state index contributed by atoms with van der Waals surface area (Å²) in [5, 5.41) is 0. The first-order valence-corrected chi connectivity index (χ1v) is 11.8. The maximum Gasteiger partial charge on any atom is 0.409 e. The minimum atomic E-state index is -1.76. The van der Waals surface area contributed by atoms with Crippen LogP contribution in [-0.2, 0) is 35.2 Å². The van der Waals surface area contributed by atoms with E-state index in [1.807, 2.05) is 6.07 Å². The van der Waals surface area contributed by atoms with Crippen molar-refractivity contribution in [2.45, 2.75) is 44.0 Å². The molecule has 1 saturated heterocycles. The number of halogens is 3. The van der Waals surface area contributed by atoms with Crippen LogP contribution in [0.4, 0.5) is 4.79 Å². The fraction of sp³-hybridized carbons (Fsp3) is 0.565. The third-order valence-electron chi connectivity index (χ3n) is 5.40. The molecule has 1 fully saturated rings. The van der Waals surface area contributed by atoms with Crippen LogP contribution in [0.1, 0.15) is 39.2 Å². The van der Waals surface area contributed by atoms with Gasteiger partial charge in [-0.1, -0.05) is 85.9 Å². The van der Waals surface area contributed by atoms with E-state index in [1.54, 1.807) is 45.0 Å². The Morgan fingerprint density at radius 1 is 0.912 bits per heavy atom. The first-order valence-electron chi connectivity index (χ1n) is 10.6. The van der Waals surface area contributed by atoms with Crippen molar-refractivity contribution in [2.75, 3.05) is 26.3 Å². The van der Waals surface area contributed by atoms with Crippen molar-refractivity contribution in [3.8, 4) is 0 Å². The van der Waals surface area contributed by atoms with Crippen molar-refractivity contribution >= 4 is 58.6 Å². The summed E-state index contributed by atoms with van der Waals surface area (Å²) < 4.78 is 13.9. The lowest BCUT2D eigenvalue weighted by Crippen LogP contribution is -2.52. The number of piperidine rings is 1. The molecule has 1 aliphatic rings. The van der Waals surface area contributed by atoms with Crippen LogP contribution >= 0.6 is 34.8 Å². The Balaban J connectivity index is 2.11. The van der Waals surface area contributed by atoms with Gasteiger partial charge < -0.3 is 19.1 Å². The van der Waals surface area contributed by atoms with Crippen molar-refractivity contribution in [3.05, 3.63) is 35.9 Å². The third kappa shape index (κ3) is 8.03. The number of hydrogen-bond donors (Lipinski definition) is 0. The van der Waals surface area contributed by atoms with E-state index in [4.69, 9.17) is 49.0 Å². The molecule has 0 aliphatic carbocycles. The zero-order valence-corrected chi connectivity index (χ0v) is 21.5. The van der Waals surface area contributed by atoms with Gasteiger partial charge in [-0.25, -0.2) is 4.79 Å². The molecule has 0 N–H and O–H groups in total. The Kier molecular flexibility index (Phi) is 9.62. The molecule has 0 saturated carbocycles. The van der Waals surface area contributed by atoms with E-state index in [9.17, 15) is 19.2 Å². The Bertz CT molecular complexity index is 886. The molecular formula is C23H28Cl3NO7. The molecule has 0 radical (unpaired) electrons. The van der Waals surface area contributed by atoms with E-state index in [0.29, 0.717) is 0 Å². The number of benzene rings is 1. The zero-order valence-electron chi connectivity index (χ0n) is 19.3. The summed E-state index contributed by atoms with van der Waals surface area (Å²) in [7, 11) is 0. The first kappa shape index (κ1) is 28.2. The summed E-state index contributed by atoms with van der Waals surface area (Å²) >= 11 is 16.8. The summed E-state index contributed by atoms with van der Waals surface area (Å²) in [6.45, 7) is 4.16. The summed E-state index contributed by atoms with van der Waals surface area (Å²) in [5.74, 6) is -1.93. The van der Waals surface area contributed by atoms with Gasteiger partial charge >= 0.3 is 18.0 Å². The van der Waals surface area contributed by atoms with Gasteiger partial charge in [-0.2, -0.15) is 0 Å².